The van der Waals surface area contributed by atoms with Crippen LogP contribution in [-0.4, -0.2) is 15.6 Å². The van der Waals surface area contributed by atoms with Gasteiger partial charge in [-0.3, -0.25) is 0 Å². The highest BCUT2D eigenvalue weighted by molar-refractivity contribution is 5.26. The number of imidazole rings is 1. The Balaban J connectivity index is 2.31. The molecule has 1 atom stereocenters. The Hall–Kier alpha value is -0.990. The minimum atomic E-state index is 0.506. The van der Waals surface area contributed by atoms with Crippen LogP contribution in [-0.2, 0) is 6.54 Å². The molecule has 0 spiro atoms. The largest absolute Gasteiger partial charge is 0.353 e. The van der Waals surface area contributed by atoms with E-state index < -0.39 is 0 Å². The third-order valence-corrected chi connectivity index (χ3v) is 2.85. The molecule has 0 aliphatic carbocycles. The highest BCUT2D eigenvalue weighted by Crippen LogP contribution is 2.12. The van der Waals surface area contributed by atoms with Gasteiger partial charge in [0.1, 0.15) is 0 Å². The van der Waals surface area contributed by atoms with Gasteiger partial charge in [0.2, 0.25) is 5.95 Å². The second-order valence-corrected chi connectivity index (χ2v) is 4.91. The van der Waals surface area contributed by atoms with Crippen molar-refractivity contribution in [3.8, 4) is 0 Å². The van der Waals surface area contributed by atoms with Crippen molar-refractivity contribution in [1.29, 1.82) is 0 Å². The summed E-state index contributed by atoms with van der Waals surface area (Å²) < 4.78 is 2.14. The smallest absolute Gasteiger partial charge is 0.202 e. The molecule has 1 aromatic rings. The average molecular weight is 223 g/mol. The first-order chi connectivity index (χ1) is 7.63. The van der Waals surface area contributed by atoms with E-state index in [1.807, 2.05) is 12.4 Å². The van der Waals surface area contributed by atoms with Crippen LogP contribution in [0.4, 0.5) is 5.95 Å². The van der Waals surface area contributed by atoms with Gasteiger partial charge in [-0.15, -0.1) is 0 Å². The molecule has 3 nitrogen and oxygen atoms in total. The fourth-order valence-electron chi connectivity index (χ4n) is 1.83. The van der Waals surface area contributed by atoms with Crippen molar-refractivity contribution in [2.45, 2.75) is 59.5 Å². The zero-order chi connectivity index (χ0) is 12.0. The predicted octanol–water partition coefficient (Wildman–Crippen LogP) is 3.53. The standard InChI is InChI=1S/C13H25N3/c1-5-16-10-9-14-13(16)15-12(4)8-6-7-11(2)3/h9-12H,5-8H2,1-4H3,(H,14,15). The lowest BCUT2D eigenvalue weighted by atomic mass is 10.0. The van der Waals surface area contributed by atoms with Crippen LogP contribution in [0.15, 0.2) is 12.4 Å². The summed E-state index contributed by atoms with van der Waals surface area (Å²) in [6, 6.07) is 0.506. The maximum atomic E-state index is 4.32. The Bertz CT molecular complexity index is 291. The van der Waals surface area contributed by atoms with Crippen LogP contribution in [0.5, 0.6) is 0 Å². The minimum absolute atomic E-state index is 0.506. The monoisotopic (exact) mass is 223 g/mol. The van der Waals surface area contributed by atoms with Crippen LogP contribution in [0.2, 0.25) is 0 Å². The first-order valence-corrected chi connectivity index (χ1v) is 6.41. The van der Waals surface area contributed by atoms with Gasteiger partial charge >= 0.3 is 0 Å². The summed E-state index contributed by atoms with van der Waals surface area (Å²) in [7, 11) is 0. The molecule has 0 radical (unpaired) electrons. The molecular formula is C13H25N3. The van der Waals surface area contributed by atoms with Crippen LogP contribution in [0, 0.1) is 5.92 Å². The number of nitrogens with one attached hydrogen (secondary N) is 1. The highest BCUT2D eigenvalue weighted by atomic mass is 15.2. The van der Waals surface area contributed by atoms with Gasteiger partial charge < -0.3 is 9.88 Å². The topological polar surface area (TPSA) is 29.9 Å². The zero-order valence-electron chi connectivity index (χ0n) is 11.0. The van der Waals surface area contributed by atoms with E-state index in [9.17, 15) is 0 Å². The van der Waals surface area contributed by atoms with Crippen molar-refractivity contribution in [3.05, 3.63) is 12.4 Å². The predicted molar refractivity (Wildman–Crippen MR) is 69.7 cm³/mol. The van der Waals surface area contributed by atoms with Crippen molar-refractivity contribution in [3.63, 3.8) is 0 Å². The van der Waals surface area contributed by atoms with Gasteiger partial charge in [0.05, 0.1) is 0 Å². The molecule has 92 valence electrons. The Morgan fingerprint density at radius 2 is 2.06 bits per heavy atom. The van der Waals surface area contributed by atoms with Crippen LogP contribution in [0.25, 0.3) is 0 Å². The molecule has 0 aliphatic heterocycles. The van der Waals surface area contributed by atoms with Gasteiger partial charge in [-0.25, -0.2) is 4.98 Å². The maximum Gasteiger partial charge on any atom is 0.202 e. The van der Waals surface area contributed by atoms with Crippen molar-refractivity contribution in [1.82, 2.24) is 9.55 Å². The van der Waals surface area contributed by atoms with Gasteiger partial charge in [-0.1, -0.05) is 26.7 Å². The average Bonchev–Trinajstić information content (AvgIpc) is 2.64. The third-order valence-electron chi connectivity index (χ3n) is 2.85. The van der Waals surface area contributed by atoms with E-state index >= 15 is 0 Å². The van der Waals surface area contributed by atoms with Gasteiger partial charge in [0.15, 0.2) is 0 Å². The van der Waals surface area contributed by atoms with Gasteiger partial charge in [-0.05, 0) is 26.2 Å². The summed E-state index contributed by atoms with van der Waals surface area (Å²) in [5.74, 6) is 1.81. The number of nitrogens with zero attached hydrogens (tertiary/aromatic N) is 2. The number of rotatable bonds is 7. The van der Waals surface area contributed by atoms with E-state index in [2.05, 4.69) is 42.6 Å². The molecule has 1 aromatic heterocycles. The van der Waals surface area contributed by atoms with Crippen LogP contribution < -0.4 is 5.32 Å². The molecule has 16 heavy (non-hydrogen) atoms. The second kappa shape index (κ2) is 6.56. The molecule has 1 heterocycles. The highest BCUT2D eigenvalue weighted by Gasteiger charge is 2.06. The van der Waals surface area contributed by atoms with Crippen LogP contribution in [0.1, 0.15) is 47.0 Å². The Labute approximate surface area is 99.3 Å². The first-order valence-electron chi connectivity index (χ1n) is 6.41. The fourth-order valence-corrected chi connectivity index (χ4v) is 1.83. The molecule has 0 fully saturated rings. The van der Waals surface area contributed by atoms with Gasteiger partial charge in [0, 0.05) is 25.0 Å². The normalized spacial score (nSPS) is 13.1. The van der Waals surface area contributed by atoms with E-state index in [-0.39, 0.29) is 0 Å². The lowest BCUT2D eigenvalue weighted by Crippen LogP contribution is -2.18. The van der Waals surface area contributed by atoms with Crippen molar-refractivity contribution in [2.24, 2.45) is 5.92 Å². The lowest BCUT2D eigenvalue weighted by molar-refractivity contribution is 0.518. The molecule has 1 rings (SSSR count). The van der Waals surface area contributed by atoms with Crippen molar-refractivity contribution >= 4 is 5.95 Å². The minimum Gasteiger partial charge on any atom is -0.353 e. The van der Waals surface area contributed by atoms with E-state index in [0.29, 0.717) is 6.04 Å². The summed E-state index contributed by atoms with van der Waals surface area (Å²) >= 11 is 0. The van der Waals surface area contributed by atoms with Crippen molar-refractivity contribution < 1.29 is 0 Å². The second-order valence-electron chi connectivity index (χ2n) is 4.91. The fraction of sp³-hybridized carbons (Fsp3) is 0.769. The molecule has 0 amide bonds. The lowest BCUT2D eigenvalue weighted by Gasteiger charge is -2.15. The Kier molecular flexibility index (Phi) is 5.36. The quantitative estimate of drug-likeness (QED) is 0.766. The third kappa shape index (κ3) is 4.25. The number of aromatic nitrogens is 2. The maximum absolute atomic E-state index is 4.32. The summed E-state index contributed by atoms with van der Waals surface area (Å²) in [4.78, 5) is 4.32. The molecule has 3 heteroatoms. The molecule has 1 N–H and O–H groups in total. The van der Waals surface area contributed by atoms with E-state index in [4.69, 9.17) is 0 Å². The summed E-state index contributed by atoms with van der Waals surface area (Å²) in [5.41, 5.74) is 0. The van der Waals surface area contributed by atoms with E-state index in [1.54, 1.807) is 0 Å². The van der Waals surface area contributed by atoms with Crippen molar-refractivity contribution in [2.75, 3.05) is 5.32 Å². The summed E-state index contributed by atoms with van der Waals surface area (Å²) in [6.45, 7) is 9.90. The molecule has 0 saturated carbocycles. The first kappa shape index (κ1) is 13.1. The van der Waals surface area contributed by atoms with Gasteiger partial charge in [-0.2, -0.15) is 0 Å². The summed E-state index contributed by atoms with van der Waals surface area (Å²) in [5, 5.41) is 3.47. The number of anilines is 1. The number of hydrogen-bond acceptors (Lipinski definition) is 2. The SMILES string of the molecule is CCn1ccnc1NC(C)CCCC(C)C. The molecular weight excluding hydrogens is 198 g/mol. The van der Waals surface area contributed by atoms with E-state index in [0.717, 1.165) is 18.4 Å². The molecule has 0 bridgehead atoms. The Morgan fingerprint density at radius 3 is 2.69 bits per heavy atom. The molecule has 0 aromatic carbocycles. The van der Waals surface area contributed by atoms with Crippen LogP contribution >= 0.6 is 0 Å². The zero-order valence-corrected chi connectivity index (χ0v) is 11.0. The number of aryl methyl sites for hydroxylation is 1. The van der Waals surface area contributed by atoms with Gasteiger partial charge in [0.25, 0.3) is 0 Å². The molecule has 0 saturated heterocycles. The molecule has 0 aliphatic rings. The van der Waals surface area contributed by atoms with E-state index in [1.165, 1.54) is 19.3 Å². The molecule has 1 unspecified atom stereocenters. The van der Waals surface area contributed by atoms with Crippen LogP contribution in [0.3, 0.4) is 0 Å². The number of hydrogen-bond donors (Lipinski definition) is 1. The Morgan fingerprint density at radius 1 is 1.31 bits per heavy atom. The summed E-state index contributed by atoms with van der Waals surface area (Å²) in [6.07, 6.45) is 7.69.